The van der Waals surface area contributed by atoms with Crippen molar-refractivity contribution >= 4 is 0 Å². The third-order valence-corrected chi connectivity index (χ3v) is 7.37. The SMILES string of the molecule is CCCC1CCC(C2CCC(C3NCC(CC)CN3)CC2)CC1. The Morgan fingerprint density at radius 2 is 1.17 bits per heavy atom. The molecule has 2 nitrogen and oxygen atoms in total. The van der Waals surface area contributed by atoms with Gasteiger partial charge in [0.15, 0.2) is 0 Å². The fourth-order valence-corrected chi connectivity index (χ4v) is 5.66. The van der Waals surface area contributed by atoms with Crippen LogP contribution in [0.3, 0.4) is 0 Å². The monoisotopic (exact) mass is 320 g/mol. The molecule has 2 saturated carbocycles. The maximum absolute atomic E-state index is 3.79. The molecular formula is C21H40N2. The smallest absolute Gasteiger partial charge is 0.0600 e. The molecule has 0 aromatic rings. The highest BCUT2D eigenvalue weighted by Gasteiger charge is 2.34. The highest BCUT2D eigenvalue weighted by Crippen LogP contribution is 2.42. The molecule has 1 saturated heterocycles. The van der Waals surface area contributed by atoms with Crippen LogP contribution in [0.15, 0.2) is 0 Å². The summed E-state index contributed by atoms with van der Waals surface area (Å²) in [7, 11) is 0. The molecule has 23 heavy (non-hydrogen) atoms. The van der Waals surface area contributed by atoms with Crippen LogP contribution in [0, 0.1) is 29.6 Å². The lowest BCUT2D eigenvalue weighted by Crippen LogP contribution is -2.56. The van der Waals surface area contributed by atoms with E-state index >= 15 is 0 Å². The van der Waals surface area contributed by atoms with Crippen molar-refractivity contribution in [3.05, 3.63) is 0 Å². The Morgan fingerprint density at radius 3 is 1.70 bits per heavy atom. The number of nitrogens with one attached hydrogen (secondary N) is 2. The molecule has 1 aliphatic heterocycles. The third-order valence-electron chi connectivity index (χ3n) is 7.37. The fraction of sp³-hybridized carbons (Fsp3) is 1.00. The first kappa shape index (κ1) is 17.7. The summed E-state index contributed by atoms with van der Waals surface area (Å²) in [6, 6.07) is 0. The molecule has 2 heteroatoms. The Balaban J connectivity index is 1.37. The average Bonchev–Trinajstić information content (AvgIpc) is 2.63. The Labute approximate surface area is 144 Å². The molecule has 2 aliphatic carbocycles. The van der Waals surface area contributed by atoms with E-state index in [2.05, 4.69) is 24.5 Å². The fourth-order valence-electron chi connectivity index (χ4n) is 5.66. The number of rotatable bonds is 5. The summed E-state index contributed by atoms with van der Waals surface area (Å²) in [6.45, 7) is 7.13. The van der Waals surface area contributed by atoms with E-state index in [1.54, 1.807) is 0 Å². The molecule has 0 radical (unpaired) electrons. The first-order valence-electron chi connectivity index (χ1n) is 10.8. The lowest BCUT2D eigenvalue weighted by atomic mass is 9.68. The molecule has 0 amide bonds. The summed E-state index contributed by atoms with van der Waals surface area (Å²) in [4.78, 5) is 0. The second kappa shape index (κ2) is 8.85. The van der Waals surface area contributed by atoms with E-state index in [0.717, 1.165) is 29.6 Å². The highest BCUT2D eigenvalue weighted by molar-refractivity contribution is 4.87. The topological polar surface area (TPSA) is 24.1 Å². The molecule has 3 aliphatic rings. The van der Waals surface area contributed by atoms with Gasteiger partial charge in [-0.05, 0) is 68.1 Å². The first-order valence-corrected chi connectivity index (χ1v) is 10.8. The van der Waals surface area contributed by atoms with Crippen molar-refractivity contribution in [1.82, 2.24) is 10.6 Å². The van der Waals surface area contributed by atoms with E-state index in [-0.39, 0.29) is 0 Å². The molecule has 3 rings (SSSR count). The van der Waals surface area contributed by atoms with Crippen LogP contribution in [0.4, 0.5) is 0 Å². The predicted molar refractivity (Wildman–Crippen MR) is 99.4 cm³/mol. The quantitative estimate of drug-likeness (QED) is 0.749. The Morgan fingerprint density at radius 1 is 0.652 bits per heavy atom. The number of hydrogen-bond acceptors (Lipinski definition) is 2. The second-order valence-corrected chi connectivity index (χ2v) is 8.81. The lowest BCUT2D eigenvalue weighted by molar-refractivity contribution is 0.113. The van der Waals surface area contributed by atoms with Crippen molar-refractivity contribution in [3.63, 3.8) is 0 Å². The van der Waals surface area contributed by atoms with Gasteiger partial charge in [0, 0.05) is 13.1 Å². The highest BCUT2D eigenvalue weighted by atomic mass is 15.2. The summed E-state index contributed by atoms with van der Waals surface area (Å²) >= 11 is 0. The van der Waals surface area contributed by atoms with Gasteiger partial charge in [-0.2, -0.15) is 0 Å². The van der Waals surface area contributed by atoms with E-state index in [0.29, 0.717) is 6.17 Å². The lowest BCUT2D eigenvalue weighted by Gasteiger charge is -2.42. The van der Waals surface area contributed by atoms with Gasteiger partial charge in [0.2, 0.25) is 0 Å². The summed E-state index contributed by atoms with van der Waals surface area (Å²) in [5, 5.41) is 7.59. The zero-order valence-corrected chi connectivity index (χ0v) is 15.7. The standard InChI is InChI=1S/C21H40N2/c1-3-5-17-6-8-18(9-7-17)19-10-12-20(13-11-19)21-22-14-16(4-2)15-23-21/h16-23H,3-15H2,1-2H3. The van der Waals surface area contributed by atoms with E-state index in [1.165, 1.54) is 83.7 Å². The minimum Gasteiger partial charge on any atom is -0.301 e. The molecule has 0 aromatic carbocycles. The minimum absolute atomic E-state index is 0.610. The van der Waals surface area contributed by atoms with Gasteiger partial charge in [0.05, 0.1) is 6.17 Å². The van der Waals surface area contributed by atoms with Crippen molar-refractivity contribution in [3.8, 4) is 0 Å². The molecule has 134 valence electrons. The van der Waals surface area contributed by atoms with Gasteiger partial charge in [-0.1, -0.05) is 46.0 Å². The molecule has 0 atom stereocenters. The van der Waals surface area contributed by atoms with Gasteiger partial charge in [-0.25, -0.2) is 0 Å². The molecule has 0 spiro atoms. The van der Waals surface area contributed by atoms with Crippen LogP contribution >= 0.6 is 0 Å². The van der Waals surface area contributed by atoms with Gasteiger partial charge in [0.1, 0.15) is 0 Å². The van der Waals surface area contributed by atoms with Gasteiger partial charge in [-0.15, -0.1) is 0 Å². The summed E-state index contributed by atoms with van der Waals surface area (Å²) in [6.07, 6.45) is 16.9. The Kier molecular flexibility index (Phi) is 6.83. The van der Waals surface area contributed by atoms with E-state index in [9.17, 15) is 0 Å². The van der Waals surface area contributed by atoms with Crippen molar-refractivity contribution in [2.75, 3.05) is 13.1 Å². The van der Waals surface area contributed by atoms with E-state index in [4.69, 9.17) is 0 Å². The zero-order valence-electron chi connectivity index (χ0n) is 15.7. The Bertz CT molecular complexity index is 319. The van der Waals surface area contributed by atoms with Crippen LogP contribution in [-0.4, -0.2) is 19.3 Å². The van der Waals surface area contributed by atoms with E-state index in [1.807, 2.05) is 0 Å². The first-order chi connectivity index (χ1) is 11.3. The molecule has 3 fully saturated rings. The van der Waals surface area contributed by atoms with Gasteiger partial charge in [-0.3, -0.25) is 0 Å². The molecule has 2 N–H and O–H groups in total. The minimum atomic E-state index is 0.610. The Hall–Kier alpha value is -0.0800. The van der Waals surface area contributed by atoms with Gasteiger partial charge < -0.3 is 10.6 Å². The van der Waals surface area contributed by atoms with Crippen LogP contribution in [0.1, 0.15) is 84.5 Å². The average molecular weight is 321 g/mol. The third kappa shape index (κ3) is 4.72. The van der Waals surface area contributed by atoms with Gasteiger partial charge in [0.25, 0.3) is 0 Å². The molecule has 0 aromatic heterocycles. The van der Waals surface area contributed by atoms with Crippen molar-refractivity contribution in [2.45, 2.75) is 90.6 Å². The van der Waals surface area contributed by atoms with Crippen LogP contribution in [0.25, 0.3) is 0 Å². The second-order valence-electron chi connectivity index (χ2n) is 8.81. The predicted octanol–water partition coefficient (Wildman–Crippen LogP) is 4.94. The van der Waals surface area contributed by atoms with Crippen molar-refractivity contribution in [1.29, 1.82) is 0 Å². The van der Waals surface area contributed by atoms with Gasteiger partial charge >= 0.3 is 0 Å². The normalized spacial score (nSPS) is 42.5. The van der Waals surface area contributed by atoms with Crippen LogP contribution in [-0.2, 0) is 0 Å². The van der Waals surface area contributed by atoms with Crippen LogP contribution in [0.2, 0.25) is 0 Å². The molecular weight excluding hydrogens is 280 g/mol. The van der Waals surface area contributed by atoms with Crippen molar-refractivity contribution in [2.24, 2.45) is 29.6 Å². The van der Waals surface area contributed by atoms with Crippen LogP contribution in [0.5, 0.6) is 0 Å². The molecule has 0 bridgehead atoms. The van der Waals surface area contributed by atoms with Crippen LogP contribution < -0.4 is 10.6 Å². The maximum Gasteiger partial charge on any atom is 0.0600 e. The summed E-state index contributed by atoms with van der Waals surface area (Å²) < 4.78 is 0. The largest absolute Gasteiger partial charge is 0.301 e. The summed E-state index contributed by atoms with van der Waals surface area (Å²) in [5.74, 6) is 4.93. The molecule has 0 unspecified atom stereocenters. The molecule has 1 heterocycles. The number of hydrogen-bond donors (Lipinski definition) is 2. The zero-order chi connectivity index (χ0) is 16.1. The van der Waals surface area contributed by atoms with Crippen molar-refractivity contribution < 1.29 is 0 Å². The maximum atomic E-state index is 3.79. The summed E-state index contributed by atoms with van der Waals surface area (Å²) in [5.41, 5.74) is 0. The van der Waals surface area contributed by atoms with E-state index < -0.39 is 0 Å².